The zero-order valence-corrected chi connectivity index (χ0v) is 22.3. The molecule has 3 aromatic carbocycles. The van der Waals surface area contributed by atoms with Crippen molar-refractivity contribution in [2.45, 2.75) is 20.0 Å². The highest BCUT2D eigenvalue weighted by molar-refractivity contribution is 6.53. The van der Waals surface area contributed by atoms with Crippen molar-refractivity contribution in [3.05, 3.63) is 98.6 Å². The summed E-state index contributed by atoms with van der Waals surface area (Å²) in [7, 11) is 0. The fourth-order valence-corrected chi connectivity index (χ4v) is 4.18. The molecule has 0 aliphatic carbocycles. The third kappa shape index (κ3) is 5.83. The minimum absolute atomic E-state index is 0.120. The van der Waals surface area contributed by atoms with Gasteiger partial charge >= 0.3 is 5.97 Å². The molecule has 0 unspecified atom stereocenters. The van der Waals surface area contributed by atoms with Crippen LogP contribution in [0.3, 0.4) is 0 Å². The fourth-order valence-electron chi connectivity index (χ4n) is 3.51. The van der Waals surface area contributed by atoms with E-state index >= 15 is 0 Å². The van der Waals surface area contributed by atoms with E-state index in [0.29, 0.717) is 27.0 Å². The molecule has 11 heteroatoms. The molecule has 1 aliphatic rings. The molecule has 0 saturated heterocycles. The zero-order chi connectivity index (χ0) is 27.6. The smallest absolute Gasteiger partial charge is 0.338 e. The minimum Gasteiger partial charge on any atom is -0.459 e. The molecule has 4 rings (SSSR count). The van der Waals surface area contributed by atoms with Crippen molar-refractivity contribution in [2.75, 3.05) is 15.5 Å². The van der Waals surface area contributed by atoms with Gasteiger partial charge in [0.05, 0.1) is 28.1 Å². The van der Waals surface area contributed by atoms with Gasteiger partial charge in [-0.25, -0.2) is 9.69 Å². The van der Waals surface area contributed by atoms with Crippen LogP contribution in [0, 0.1) is 0 Å². The third-order valence-electron chi connectivity index (χ3n) is 5.33. The van der Waals surface area contributed by atoms with Gasteiger partial charge in [-0.1, -0.05) is 34.8 Å². The Morgan fingerprint density at radius 1 is 0.842 bits per heavy atom. The molecule has 8 nitrogen and oxygen atoms in total. The molecule has 0 aromatic heterocycles. The highest BCUT2D eigenvalue weighted by Crippen LogP contribution is 2.31. The van der Waals surface area contributed by atoms with Gasteiger partial charge in [-0.3, -0.25) is 14.4 Å². The lowest BCUT2D eigenvalue weighted by atomic mass is 10.2. The number of anilines is 3. The first kappa shape index (κ1) is 27.2. The first-order valence-corrected chi connectivity index (χ1v) is 12.4. The molecule has 194 valence electrons. The number of halogens is 3. The lowest BCUT2D eigenvalue weighted by Gasteiger charge is -2.16. The Kier molecular flexibility index (Phi) is 8.06. The van der Waals surface area contributed by atoms with Crippen LogP contribution in [0.5, 0.6) is 0 Å². The molecule has 3 amide bonds. The standard InChI is InChI=1S/C27H20Cl3N3O5/c1-14(2)38-27(37)16-5-10-19(11-6-16)33-25(35)22(30)23(26(33)36)31-18-8-3-15(4-9-18)24(34)32-21-12-7-17(28)13-20(21)29/h3-14,31H,1-2H3,(H,32,34). The van der Waals surface area contributed by atoms with Crippen LogP contribution in [0.2, 0.25) is 10.0 Å². The monoisotopic (exact) mass is 571 g/mol. The van der Waals surface area contributed by atoms with Gasteiger partial charge < -0.3 is 15.4 Å². The molecule has 0 atom stereocenters. The van der Waals surface area contributed by atoms with Crippen molar-refractivity contribution in [3.8, 4) is 0 Å². The number of amides is 3. The van der Waals surface area contributed by atoms with Crippen molar-refractivity contribution in [3.63, 3.8) is 0 Å². The number of ether oxygens (including phenoxy) is 1. The van der Waals surface area contributed by atoms with E-state index in [9.17, 15) is 19.2 Å². The number of hydrogen-bond donors (Lipinski definition) is 2. The van der Waals surface area contributed by atoms with Crippen LogP contribution >= 0.6 is 34.8 Å². The molecule has 1 aliphatic heterocycles. The number of rotatable bonds is 7. The second-order valence-electron chi connectivity index (χ2n) is 8.42. The number of carbonyl (C=O) groups excluding carboxylic acids is 4. The van der Waals surface area contributed by atoms with E-state index < -0.39 is 23.7 Å². The number of nitrogens with one attached hydrogen (secondary N) is 2. The van der Waals surface area contributed by atoms with Crippen LogP contribution < -0.4 is 15.5 Å². The number of imide groups is 1. The van der Waals surface area contributed by atoms with E-state index in [0.717, 1.165) is 4.90 Å². The predicted molar refractivity (Wildman–Crippen MR) is 147 cm³/mol. The number of hydrogen-bond acceptors (Lipinski definition) is 6. The number of esters is 1. The topological polar surface area (TPSA) is 105 Å². The fraction of sp³-hybridized carbons (Fsp3) is 0.111. The highest BCUT2D eigenvalue weighted by atomic mass is 35.5. The summed E-state index contributed by atoms with van der Waals surface area (Å²) in [4.78, 5) is 51.4. The van der Waals surface area contributed by atoms with Crippen molar-refractivity contribution in [2.24, 2.45) is 0 Å². The van der Waals surface area contributed by atoms with Crippen LogP contribution in [0.1, 0.15) is 34.6 Å². The van der Waals surface area contributed by atoms with E-state index in [2.05, 4.69) is 10.6 Å². The van der Waals surface area contributed by atoms with Gasteiger partial charge in [-0.05, 0) is 80.6 Å². The summed E-state index contributed by atoms with van der Waals surface area (Å²) in [5.74, 6) is -2.31. The Hall–Kier alpha value is -3.85. The normalized spacial score (nSPS) is 13.3. The van der Waals surface area contributed by atoms with Gasteiger partial charge in [0.1, 0.15) is 10.7 Å². The number of carbonyl (C=O) groups is 4. The summed E-state index contributed by atoms with van der Waals surface area (Å²) in [5, 5.41) is 5.99. The van der Waals surface area contributed by atoms with Crippen LogP contribution in [-0.4, -0.2) is 29.8 Å². The average Bonchev–Trinajstić information content (AvgIpc) is 3.08. The van der Waals surface area contributed by atoms with Crippen LogP contribution in [0.15, 0.2) is 77.5 Å². The van der Waals surface area contributed by atoms with E-state index in [1.165, 1.54) is 42.5 Å². The Morgan fingerprint density at radius 2 is 1.47 bits per heavy atom. The summed E-state index contributed by atoms with van der Waals surface area (Å²) in [6.07, 6.45) is -0.286. The molecule has 3 aromatic rings. The molecule has 2 N–H and O–H groups in total. The average molecular weight is 573 g/mol. The maximum absolute atomic E-state index is 13.1. The van der Waals surface area contributed by atoms with Crippen LogP contribution in [-0.2, 0) is 14.3 Å². The number of nitrogens with zero attached hydrogens (tertiary/aromatic N) is 1. The second kappa shape index (κ2) is 11.3. The molecule has 0 radical (unpaired) electrons. The molecule has 0 bridgehead atoms. The second-order valence-corrected chi connectivity index (χ2v) is 9.64. The van der Waals surface area contributed by atoms with Gasteiger partial charge in [0.15, 0.2) is 0 Å². The van der Waals surface area contributed by atoms with Crippen LogP contribution in [0.4, 0.5) is 17.1 Å². The SMILES string of the molecule is CC(C)OC(=O)c1ccc(N2C(=O)C(Cl)=C(Nc3ccc(C(=O)Nc4ccc(Cl)cc4Cl)cc3)C2=O)cc1. The Labute approximate surface area is 233 Å². The minimum atomic E-state index is -0.715. The first-order valence-electron chi connectivity index (χ1n) is 11.3. The van der Waals surface area contributed by atoms with Gasteiger partial charge in [0, 0.05) is 16.3 Å². The Balaban J connectivity index is 1.45. The van der Waals surface area contributed by atoms with Crippen molar-refractivity contribution >= 4 is 75.6 Å². The molecule has 0 spiro atoms. The lowest BCUT2D eigenvalue weighted by Crippen LogP contribution is -2.32. The Morgan fingerprint density at radius 3 is 2.08 bits per heavy atom. The summed E-state index contributed by atoms with van der Waals surface area (Å²) in [6.45, 7) is 3.46. The zero-order valence-electron chi connectivity index (χ0n) is 20.1. The van der Waals surface area contributed by atoms with Crippen LogP contribution in [0.25, 0.3) is 0 Å². The molecule has 0 saturated carbocycles. The first-order chi connectivity index (χ1) is 18.0. The van der Waals surface area contributed by atoms with E-state index in [1.807, 2.05) is 0 Å². The summed E-state index contributed by atoms with van der Waals surface area (Å²) in [6, 6.07) is 16.7. The molecular weight excluding hydrogens is 553 g/mol. The van der Waals surface area contributed by atoms with Gasteiger partial charge in [0.25, 0.3) is 17.7 Å². The van der Waals surface area contributed by atoms with Crippen molar-refractivity contribution in [1.29, 1.82) is 0 Å². The summed E-state index contributed by atoms with van der Waals surface area (Å²) in [5.41, 5.74) is 1.55. The van der Waals surface area contributed by atoms with Crippen molar-refractivity contribution in [1.82, 2.24) is 0 Å². The largest absolute Gasteiger partial charge is 0.459 e. The van der Waals surface area contributed by atoms with Gasteiger partial charge in [0.2, 0.25) is 0 Å². The summed E-state index contributed by atoms with van der Waals surface area (Å²) >= 11 is 18.2. The van der Waals surface area contributed by atoms with E-state index in [1.54, 1.807) is 38.1 Å². The molecule has 1 heterocycles. The highest BCUT2D eigenvalue weighted by Gasteiger charge is 2.39. The third-order valence-corrected chi connectivity index (χ3v) is 6.23. The molecular formula is C27H20Cl3N3O5. The lowest BCUT2D eigenvalue weighted by molar-refractivity contribution is -0.120. The maximum atomic E-state index is 13.1. The molecule has 38 heavy (non-hydrogen) atoms. The molecule has 0 fully saturated rings. The van der Waals surface area contributed by atoms with Crippen molar-refractivity contribution < 1.29 is 23.9 Å². The van der Waals surface area contributed by atoms with E-state index in [-0.39, 0.29) is 28.1 Å². The Bertz CT molecular complexity index is 1470. The summed E-state index contributed by atoms with van der Waals surface area (Å²) < 4.78 is 5.15. The predicted octanol–water partition coefficient (Wildman–Crippen LogP) is 6.25. The quantitative estimate of drug-likeness (QED) is 0.256. The van der Waals surface area contributed by atoms with Gasteiger partial charge in [-0.15, -0.1) is 0 Å². The van der Waals surface area contributed by atoms with Gasteiger partial charge in [-0.2, -0.15) is 0 Å². The number of benzene rings is 3. The maximum Gasteiger partial charge on any atom is 0.338 e. The van der Waals surface area contributed by atoms with E-state index in [4.69, 9.17) is 39.5 Å².